The van der Waals surface area contributed by atoms with Gasteiger partial charge in [-0.3, -0.25) is 14.9 Å². The molecule has 1 aromatic rings. The molecule has 1 aromatic heterocycles. The number of nitrogens with one attached hydrogen (secondary N) is 3. The number of hydrogen-bond acceptors (Lipinski definition) is 7. The zero-order chi connectivity index (χ0) is 14.5. The van der Waals surface area contributed by atoms with Crippen LogP contribution in [0.2, 0.25) is 0 Å². The summed E-state index contributed by atoms with van der Waals surface area (Å²) in [5.41, 5.74) is -0.194. The third-order valence-electron chi connectivity index (χ3n) is 2.87. The van der Waals surface area contributed by atoms with E-state index in [1.54, 1.807) is 0 Å². The van der Waals surface area contributed by atoms with Crippen molar-refractivity contribution < 1.29 is 9.72 Å². The van der Waals surface area contributed by atoms with Crippen LogP contribution in [0.5, 0.6) is 0 Å². The molecule has 20 heavy (non-hydrogen) atoms. The van der Waals surface area contributed by atoms with Gasteiger partial charge in [0, 0.05) is 19.5 Å². The second-order valence-corrected chi connectivity index (χ2v) is 4.45. The van der Waals surface area contributed by atoms with Crippen molar-refractivity contribution in [3.8, 4) is 0 Å². The molecule has 1 saturated heterocycles. The van der Waals surface area contributed by atoms with Crippen LogP contribution in [-0.4, -0.2) is 39.9 Å². The van der Waals surface area contributed by atoms with Gasteiger partial charge in [-0.1, -0.05) is 6.92 Å². The van der Waals surface area contributed by atoms with E-state index >= 15 is 0 Å². The molecule has 9 heteroatoms. The van der Waals surface area contributed by atoms with E-state index in [1.807, 2.05) is 6.92 Å². The van der Waals surface area contributed by atoms with Crippen LogP contribution >= 0.6 is 0 Å². The minimum atomic E-state index is -0.523. The molecule has 2 rings (SSSR count). The zero-order valence-electron chi connectivity index (χ0n) is 11.0. The second-order valence-electron chi connectivity index (χ2n) is 4.45. The van der Waals surface area contributed by atoms with Crippen molar-refractivity contribution in [2.75, 3.05) is 23.7 Å². The number of anilines is 2. The lowest BCUT2D eigenvalue weighted by atomic mass is 10.2. The number of amides is 1. The zero-order valence-corrected chi connectivity index (χ0v) is 11.0. The van der Waals surface area contributed by atoms with Crippen molar-refractivity contribution in [2.24, 2.45) is 0 Å². The first-order chi connectivity index (χ1) is 9.61. The fourth-order valence-corrected chi connectivity index (χ4v) is 1.93. The summed E-state index contributed by atoms with van der Waals surface area (Å²) in [6.07, 6.45) is 2.36. The maximum atomic E-state index is 11.2. The highest BCUT2D eigenvalue weighted by Gasteiger charge is 2.27. The number of carbonyl (C=O) groups excluding carboxylic acids is 1. The Labute approximate surface area is 115 Å². The molecule has 0 aromatic carbocycles. The number of nitro groups is 1. The quantitative estimate of drug-likeness (QED) is 0.512. The Balaban J connectivity index is 2.22. The van der Waals surface area contributed by atoms with Crippen molar-refractivity contribution in [2.45, 2.75) is 25.8 Å². The summed E-state index contributed by atoms with van der Waals surface area (Å²) in [6, 6.07) is -0.199. The van der Waals surface area contributed by atoms with Crippen LogP contribution in [-0.2, 0) is 4.79 Å². The predicted octanol–water partition coefficient (Wildman–Crippen LogP) is 0.507. The fraction of sp³-hybridized carbons (Fsp3) is 0.545. The molecule has 2 heterocycles. The van der Waals surface area contributed by atoms with Crippen LogP contribution < -0.4 is 16.0 Å². The van der Waals surface area contributed by atoms with Crippen molar-refractivity contribution in [3.05, 3.63) is 16.4 Å². The van der Waals surface area contributed by atoms with Gasteiger partial charge in [0.25, 0.3) is 0 Å². The maximum absolute atomic E-state index is 11.2. The number of carbonyl (C=O) groups is 1. The molecule has 1 unspecified atom stereocenters. The highest BCUT2D eigenvalue weighted by atomic mass is 16.6. The monoisotopic (exact) mass is 280 g/mol. The molecule has 0 spiro atoms. The number of nitrogens with zero attached hydrogens (tertiary/aromatic N) is 3. The standard InChI is InChI=1S/C11H16N6O3/c1-2-3-12-10-9(17(19)20)11(15-6-14-10)16-7-4-8(18)13-5-7/h6-7H,2-5H2,1H3,(H,13,18)(H2,12,14,15,16). The normalized spacial score (nSPS) is 17.6. The van der Waals surface area contributed by atoms with Crippen LogP contribution in [0, 0.1) is 10.1 Å². The summed E-state index contributed by atoms with van der Waals surface area (Å²) in [6.45, 7) is 2.97. The Hall–Kier alpha value is -2.45. The summed E-state index contributed by atoms with van der Waals surface area (Å²) >= 11 is 0. The van der Waals surface area contributed by atoms with Crippen LogP contribution in [0.4, 0.5) is 17.3 Å². The first kappa shape index (κ1) is 14.0. The molecule has 0 radical (unpaired) electrons. The summed E-state index contributed by atoms with van der Waals surface area (Å²) < 4.78 is 0. The summed E-state index contributed by atoms with van der Waals surface area (Å²) in [7, 11) is 0. The van der Waals surface area contributed by atoms with Crippen LogP contribution in [0.1, 0.15) is 19.8 Å². The average molecular weight is 280 g/mol. The predicted molar refractivity (Wildman–Crippen MR) is 72.5 cm³/mol. The lowest BCUT2D eigenvalue weighted by molar-refractivity contribution is -0.383. The highest BCUT2D eigenvalue weighted by Crippen LogP contribution is 2.29. The van der Waals surface area contributed by atoms with Gasteiger partial charge < -0.3 is 16.0 Å². The van der Waals surface area contributed by atoms with E-state index in [9.17, 15) is 14.9 Å². The van der Waals surface area contributed by atoms with E-state index in [-0.39, 0.29) is 35.7 Å². The van der Waals surface area contributed by atoms with E-state index in [2.05, 4.69) is 25.9 Å². The molecular formula is C11H16N6O3. The smallest absolute Gasteiger partial charge is 0.353 e. The maximum Gasteiger partial charge on any atom is 0.353 e. The largest absolute Gasteiger partial charge is 0.364 e. The van der Waals surface area contributed by atoms with E-state index in [0.717, 1.165) is 6.42 Å². The van der Waals surface area contributed by atoms with E-state index in [0.29, 0.717) is 13.1 Å². The number of rotatable bonds is 6. The molecule has 0 bridgehead atoms. The lowest BCUT2D eigenvalue weighted by Gasteiger charge is -2.12. The van der Waals surface area contributed by atoms with Crippen molar-refractivity contribution in [1.29, 1.82) is 0 Å². The number of hydrogen-bond donors (Lipinski definition) is 3. The van der Waals surface area contributed by atoms with Gasteiger partial charge in [-0.2, -0.15) is 0 Å². The third-order valence-corrected chi connectivity index (χ3v) is 2.87. The Kier molecular flexibility index (Phi) is 4.28. The Bertz CT molecular complexity index is 521. The van der Waals surface area contributed by atoms with Crippen molar-refractivity contribution in [3.63, 3.8) is 0 Å². The molecule has 1 fully saturated rings. The van der Waals surface area contributed by atoms with Gasteiger partial charge in [0.2, 0.25) is 17.5 Å². The van der Waals surface area contributed by atoms with Crippen LogP contribution in [0.3, 0.4) is 0 Å². The lowest BCUT2D eigenvalue weighted by Crippen LogP contribution is -2.23. The topological polar surface area (TPSA) is 122 Å². The average Bonchev–Trinajstić information content (AvgIpc) is 2.81. The molecule has 1 aliphatic rings. The minimum absolute atomic E-state index is 0.0801. The molecule has 9 nitrogen and oxygen atoms in total. The van der Waals surface area contributed by atoms with E-state index < -0.39 is 4.92 Å². The summed E-state index contributed by atoms with van der Waals surface area (Å²) in [5.74, 6) is 0.236. The van der Waals surface area contributed by atoms with Gasteiger partial charge in [0.05, 0.1) is 11.0 Å². The Morgan fingerprint density at radius 2 is 2.25 bits per heavy atom. The summed E-state index contributed by atoms with van der Waals surface area (Å²) in [5, 5.41) is 19.7. The fourth-order valence-electron chi connectivity index (χ4n) is 1.93. The van der Waals surface area contributed by atoms with E-state index in [4.69, 9.17) is 0 Å². The van der Waals surface area contributed by atoms with Crippen molar-refractivity contribution in [1.82, 2.24) is 15.3 Å². The molecule has 3 N–H and O–H groups in total. The van der Waals surface area contributed by atoms with Gasteiger partial charge in [-0.05, 0) is 6.42 Å². The second kappa shape index (κ2) is 6.13. The van der Waals surface area contributed by atoms with Gasteiger partial charge in [-0.25, -0.2) is 9.97 Å². The SMILES string of the molecule is CCCNc1ncnc(NC2CNC(=O)C2)c1[N+](=O)[O-]. The molecule has 0 saturated carbocycles. The molecule has 0 aliphatic carbocycles. The highest BCUT2D eigenvalue weighted by molar-refractivity contribution is 5.80. The Morgan fingerprint density at radius 1 is 1.50 bits per heavy atom. The first-order valence-corrected chi connectivity index (χ1v) is 6.38. The van der Waals surface area contributed by atoms with Gasteiger partial charge in [0.15, 0.2) is 0 Å². The minimum Gasteiger partial charge on any atom is -0.364 e. The van der Waals surface area contributed by atoms with Gasteiger partial charge >= 0.3 is 5.69 Å². The van der Waals surface area contributed by atoms with Crippen LogP contribution in [0.25, 0.3) is 0 Å². The van der Waals surface area contributed by atoms with E-state index in [1.165, 1.54) is 6.33 Å². The van der Waals surface area contributed by atoms with Crippen LogP contribution in [0.15, 0.2) is 6.33 Å². The van der Waals surface area contributed by atoms with Gasteiger partial charge in [0.1, 0.15) is 6.33 Å². The molecular weight excluding hydrogens is 264 g/mol. The van der Waals surface area contributed by atoms with Crippen molar-refractivity contribution >= 4 is 23.2 Å². The third kappa shape index (κ3) is 3.11. The molecule has 1 atom stereocenters. The number of aromatic nitrogens is 2. The first-order valence-electron chi connectivity index (χ1n) is 6.38. The molecule has 1 amide bonds. The molecule has 108 valence electrons. The molecule has 1 aliphatic heterocycles. The van der Waals surface area contributed by atoms with Gasteiger partial charge in [-0.15, -0.1) is 0 Å². The Morgan fingerprint density at radius 3 is 2.85 bits per heavy atom. The summed E-state index contributed by atoms with van der Waals surface area (Å²) in [4.78, 5) is 29.6.